The van der Waals surface area contributed by atoms with Crippen molar-refractivity contribution in [2.45, 2.75) is 19.8 Å². The summed E-state index contributed by atoms with van der Waals surface area (Å²) in [6.45, 7) is 2.52. The molecule has 1 N–H and O–H groups in total. The van der Waals surface area contributed by atoms with Crippen LogP contribution in [-0.2, 0) is 17.6 Å². The van der Waals surface area contributed by atoms with E-state index in [0.717, 1.165) is 28.2 Å². The monoisotopic (exact) mass is 385 g/mol. The highest BCUT2D eigenvalue weighted by Gasteiger charge is 2.13. The van der Waals surface area contributed by atoms with Crippen LogP contribution in [0.1, 0.15) is 18.2 Å². The number of thiazole rings is 1. The van der Waals surface area contributed by atoms with E-state index in [2.05, 4.69) is 15.3 Å². The summed E-state index contributed by atoms with van der Waals surface area (Å²) in [5.74, 6) is -0.0276. The van der Waals surface area contributed by atoms with E-state index in [-0.39, 0.29) is 11.8 Å². The van der Waals surface area contributed by atoms with Crippen molar-refractivity contribution in [1.82, 2.24) is 15.3 Å². The number of pyridine rings is 1. The summed E-state index contributed by atoms with van der Waals surface area (Å²) in [6.07, 6.45) is 4.97. The predicted molar refractivity (Wildman–Crippen MR) is 106 cm³/mol. The molecule has 0 saturated carbocycles. The molecule has 1 atom stereocenters. The molecule has 4 nitrogen and oxygen atoms in total. The fourth-order valence-corrected chi connectivity index (χ4v) is 3.57. The molecule has 3 aromatic rings. The van der Waals surface area contributed by atoms with Gasteiger partial charge < -0.3 is 5.32 Å². The Morgan fingerprint density at radius 2 is 2.08 bits per heavy atom. The van der Waals surface area contributed by atoms with Gasteiger partial charge in [-0.15, -0.1) is 11.3 Å². The van der Waals surface area contributed by atoms with Gasteiger partial charge in [0.1, 0.15) is 5.01 Å². The minimum atomic E-state index is -0.0856. The molecule has 0 aliphatic rings. The van der Waals surface area contributed by atoms with E-state index in [1.54, 1.807) is 17.5 Å². The molecule has 2 aromatic heterocycles. The molecule has 1 amide bonds. The van der Waals surface area contributed by atoms with Crippen molar-refractivity contribution in [1.29, 1.82) is 0 Å². The maximum absolute atomic E-state index is 12.3. The molecular formula is C20H20ClN3OS. The van der Waals surface area contributed by atoms with Gasteiger partial charge in [0.25, 0.3) is 0 Å². The minimum Gasteiger partial charge on any atom is -0.355 e. The lowest BCUT2D eigenvalue weighted by atomic mass is 10.0. The Morgan fingerprint density at radius 3 is 2.81 bits per heavy atom. The number of carbonyl (C=O) groups excluding carboxylic acids is 1. The largest absolute Gasteiger partial charge is 0.355 e. The molecule has 0 saturated heterocycles. The average Bonchev–Trinajstić information content (AvgIpc) is 3.13. The minimum absolute atomic E-state index is 0.0580. The Hall–Kier alpha value is -2.24. The number of hydrogen-bond donors (Lipinski definition) is 1. The van der Waals surface area contributed by atoms with Crippen molar-refractivity contribution < 1.29 is 4.79 Å². The van der Waals surface area contributed by atoms with Crippen LogP contribution in [0.25, 0.3) is 10.6 Å². The summed E-state index contributed by atoms with van der Waals surface area (Å²) < 4.78 is 0. The molecule has 1 aromatic carbocycles. The van der Waals surface area contributed by atoms with Crippen LogP contribution in [0.4, 0.5) is 0 Å². The van der Waals surface area contributed by atoms with Crippen molar-refractivity contribution in [3.63, 3.8) is 0 Å². The zero-order valence-electron chi connectivity index (χ0n) is 14.5. The molecule has 26 heavy (non-hydrogen) atoms. The van der Waals surface area contributed by atoms with Crippen LogP contribution >= 0.6 is 22.9 Å². The highest BCUT2D eigenvalue weighted by molar-refractivity contribution is 7.13. The van der Waals surface area contributed by atoms with Crippen molar-refractivity contribution in [3.05, 3.63) is 70.5 Å². The fraction of sp³-hybridized carbons (Fsp3) is 0.250. The standard InChI is InChI=1S/C20H20ClN3OS/c1-14(11-15-4-6-17(21)7-5-15)19(25)23-10-8-18-13-26-20(24-18)16-3-2-9-22-12-16/h2-7,9,12-14H,8,10-11H2,1H3,(H,23,25). The number of amides is 1. The molecular weight excluding hydrogens is 366 g/mol. The molecule has 0 aliphatic carbocycles. The maximum Gasteiger partial charge on any atom is 0.223 e. The molecule has 0 aliphatic heterocycles. The molecule has 0 fully saturated rings. The number of carbonyl (C=O) groups is 1. The first kappa shape index (κ1) is 18.5. The zero-order chi connectivity index (χ0) is 18.4. The Bertz CT molecular complexity index is 849. The Labute approximate surface area is 162 Å². The van der Waals surface area contributed by atoms with Crippen LogP contribution < -0.4 is 5.32 Å². The number of hydrogen-bond acceptors (Lipinski definition) is 4. The SMILES string of the molecule is CC(Cc1ccc(Cl)cc1)C(=O)NCCc1csc(-c2cccnc2)n1. The van der Waals surface area contributed by atoms with E-state index in [9.17, 15) is 4.79 Å². The van der Waals surface area contributed by atoms with Crippen LogP contribution in [0.5, 0.6) is 0 Å². The number of nitrogens with zero attached hydrogens (tertiary/aromatic N) is 2. The second-order valence-corrected chi connectivity index (χ2v) is 7.45. The maximum atomic E-state index is 12.3. The lowest BCUT2D eigenvalue weighted by molar-refractivity contribution is -0.124. The van der Waals surface area contributed by atoms with E-state index >= 15 is 0 Å². The lowest BCUT2D eigenvalue weighted by Gasteiger charge is -2.12. The Balaban J connectivity index is 1.46. The van der Waals surface area contributed by atoms with Crippen LogP contribution in [0.2, 0.25) is 5.02 Å². The number of rotatable bonds is 7. The highest BCUT2D eigenvalue weighted by Crippen LogP contribution is 2.22. The quantitative estimate of drug-likeness (QED) is 0.656. The lowest BCUT2D eigenvalue weighted by Crippen LogP contribution is -2.31. The van der Waals surface area contributed by atoms with Crippen molar-refractivity contribution in [3.8, 4) is 10.6 Å². The summed E-state index contributed by atoms with van der Waals surface area (Å²) >= 11 is 7.49. The topological polar surface area (TPSA) is 54.9 Å². The molecule has 2 heterocycles. The zero-order valence-corrected chi connectivity index (χ0v) is 16.1. The van der Waals surface area contributed by atoms with E-state index in [1.807, 2.05) is 54.9 Å². The Morgan fingerprint density at radius 1 is 1.27 bits per heavy atom. The van der Waals surface area contributed by atoms with Gasteiger partial charge in [-0.1, -0.05) is 30.7 Å². The first-order valence-corrected chi connectivity index (χ1v) is 9.74. The van der Waals surface area contributed by atoms with Gasteiger partial charge in [0, 0.05) is 47.2 Å². The Kier molecular flexibility index (Phi) is 6.36. The fourth-order valence-electron chi connectivity index (χ4n) is 2.60. The molecule has 6 heteroatoms. The second-order valence-electron chi connectivity index (χ2n) is 6.16. The highest BCUT2D eigenvalue weighted by atomic mass is 35.5. The summed E-state index contributed by atoms with van der Waals surface area (Å²) in [6, 6.07) is 11.5. The first-order valence-electron chi connectivity index (χ1n) is 8.49. The summed E-state index contributed by atoms with van der Waals surface area (Å²) in [4.78, 5) is 21.0. The molecule has 0 radical (unpaired) electrons. The molecule has 134 valence electrons. The average molecular weight is 386 g/mol. The van der Waals surface area contributed by atoms with E-state index < -0.39 is 0 Å². The third-order valence-corrected chi connectivity index (χ3v) is 5.24. The van der Waals surface area contributed by atoms with Crippen LogP contribution in [0, 0.1) is 5.92 Å². The number of nitrogens with one attached hydrogen (secondary N) is 1. The van der Waals surface area contributed by atoms with Crippen molar-refractivity contribution >= 4 is 28.8 Å². The van der Waals surface area contributed by atoms with Gasteiger partial charge in [0.2, 0.25) is 5.91 Å². The van der Waals surface area contributed by atoms with E-state index in [0.29, 0.717) is 18.0 Å². The van der Waals surface area contributed by atoms with Crippen molar-refractivity contribution in [2.24, 2.45) is 5.92 Å². The second kappa shape index (κ2) is 8.92. The molecule has 3 rings (SSSR count). The normalized spacial score (nSPS) is 11.9. The molecule has 0 spiro atoms. The summed E-state index contributed by atoms with van der Waals surface area (Å²) in [5, 5.41) is 6.69. The van der Waals surface area contributed by atoms with Gasteiger partial charge in [-0.2, -0.15) is 0 Å². The summed E-state index contributed by atoms with van der Waals surface area (Å²) in [5.41, 5.74) is 3.11. The van der Waals surface area contributed by atoms with Crippen LogP contribution in [-0.4, -0.2) is 22.4 Å². The number of benzene rings is 1. The smallest absolute Gasteiger partial charge is 0.223 e. The third kappa shape index (κ3) is 5.13. The molecule has 0 bridgehead atoms. The van der Waals surface area contributed by atoms with Gasteiger partial charge in [0.15, 0.2) is 0 Å². The van der Waals surface area contributed by atoms with Crippen LogP contribution in [0.15, 0.2) is 54.2 Å². The van der Waals surface area contributed by atoms with Gasteiger partial charge in [0.05, 0.1) is 5.69 Å². The number of aromatic nitrogens is 2. The first-order chi connectivity index (χ1) is 12.6. The van der Waals surface area contributed by atoms with Gasteiger partial charge >= 0.3 is 0 Å². The van der Waals surface area contributed by atoms with Crippen LogP contribution in [0.3, 0.4) is 0 Å². The number of halogens is 1. The summed E-state index contributed by atoms with van der Waals surface area (Å²) in [7, 11) is 0. The van der Waals surface area contributed by atoms with Crippen molar-refractivity contribution in [2.75, 3.05) is 6.54 Å². The van der Waals surface area contributed by atoms with E-state index in [1.165, 1.54) is 0 Å². The van der Waals surface area contributed by atoms with Gasteiger partial charge in [-0.25, -0.2) is 4.98 Å². The van der Waals surface area contributed by atoms with Gasteiger partial charge in [-0.05, 0) is 36.2 Å². The predicted octanol–water partition coefficient (Wildman–Crippen LogP) is 4.40. The van der Waals surface area contributed by atoms with E-state index in [4.69, 9.17) is 11.6 Å². The van der Waals surface area contributed by atoms with Gasteiger partial charge in [-0.3, -0.25) is 9.78 Å². The third-order valence-electron chi connectivity index (χ3n) is 4.04. The molecule has 1 unspecified atom stereocenters.